The van der Waals surface area contributed by atoms with E-state index in [4.69, 9.17) is 5.73 Å². The first-order valence-electron chi connectivity index (χ1n) is 6.86. The van der Waals surface area contributed by atoms with Crippen molar-refractivity contribution in [3.63, 3.8) is 0 Å². The number of sulfonamides is 1. The highest BCUT2D eigenvalue weighted by Gasteiger charge is 2.23. The van der Waals surface area contributed by atoms with E-state index in [-0.39, 0.29) is 17.5 Å². The van der Waals surface area contributed by atoms with Gasteiger partial charge in [0.2, 0.25) is 10.0 Å². The van der Waals surface area contributed by atoms with Crippen molar-refractivity contribution >= 4 is 31.6 Å². The van der Waals surface area contributed by atoms with Crippen molar-refractivity contribution in [2.75, 3.05) is 25.5 Å². The van der Waals surface area contributed by atoms with Crippen LogP contribution in [0.25, 0.3) is 0 Å². The number of nitrogens with two attached hydrogens (primary N) is 1. The lowest BCUT2D eigenvalue weighted by atomic mass is 10.1. The fourth-order valence-corrected chi connectivity index (χ4v) is 4.27. The lowest BCUT2D eigenvalue weighted by Crippen LogP contribution is -2.41. The molecule has 0 bridgehead atoms. The first-order chi connectivity index (χ1) is 9.67. The highest BCUT2D eigenvalue weighted by molar-refractivity contribution is 9.10. The third kappa shape index (κ3) is 5.25. The molecule has 0 saturated heterocycles. The van der Waals surface area contributed by atoms with E-state index < -0.39 is 10.0 Å². The van der Waals surface area contributed by atoms with Crippen molar-refractivity contribution in [3.8, 4) is 0 Å². The van der Waals surface area contributed by atoms with Gasteiger partial charge in [-0.25, -0.2) is 13.1 Å². The predicted octanol–water partition coefficient (Wildman–Crippen LogP) is 2.17. The quantitative estimate of drug-likeness (QED) is 0.763. The maximum atomic E-state index is 12.6. The molecule has 1 rings (SSSR count). The summed E-state index contributed by atoms with van der Waals surface area (Å²) in [6.07, 6.45) is 0.709. The smallest absolute Gasteiger partial charge is 0.242 e. The Balaban J connectivity index is 3.09. The lowest BCUT2D eigenvalue weighted by Gasteiger charge is -2.20. The van der Waals surface area contributed by atoms with Crippen LogP contribution in [0.1, 0.15) is 20.3 Å². The molecule has 1 aromatic carbocycles. The molecule has 0 amide bonds. The number of hydrogen-bond acceptors (Lipinski definition) is 4. The first kappa shape index (κ1) is 18.4. The highest BCUT2D eigenvalue weighted by Crippen LogP contribution is 2.27. The van der Waals surface area contributed by atoms with E-state index in [9.17, 15) is 8.42 Å². The maximum Gasteiger partial charge on any atom is 0.242 e. The van der Waals surface area contributed by atoms with Gasteiger partial charge in [0.15, 0.2) is 0 Å². The Morgan fingerprint density at radius 1 is 1.33 bits per heavy atom. The molecule has 0 aliphatic carbocycles. The second-order valence-corrected chi connectivity index (χ2v) is 8.23. The number of nitrogens with one attached hydrogen (secondary N) is 1. The second kappa shape index (κ2) is 7.58. The zero-order valence-corrected chi connectivity index (χ0v) is 15.3. The minimum Gasteiger partial charge on any atom is -0.378 e. The SMILES string of the molecule is CC(C)CC(CN)NS(=O)(=O)c1cc(N(C)C)ccc1Br. The summed E-state index contributed by atoms with van der Waals surface area (Å²) >= 11 is 3.31. The van der Waals surface area contributed by atoms with Gasteiger partial charge >= 0.3 is 0 Å². The summed E-state index contributed by atoms with van der Waals surface area (Å²) in [5, 5.41) is 0. The average molecular weight is 378 g/mol. The van der Waals surface area contributed by atoms with Gasteiger partial charge in [0.05, 0.1) is 4.90 Å². The van der Waals surface area contributed by atoms with Crippen molar-refractivity contribution in [3.05, 3.63) is 22.7 Å². The number of benzene rings is 1. The Labute approximate surface area is 136 Å². The van der Waals surface area contributed by atoms with Gasteiger partial charge < -0.3 is 10.6 Å². The zero-order chi connectivity index (χ0) is 16.2. The summed E-state index contributed by atoms with van der Waals surface area (Å²) in [5.74, 6) is 0.373. The molecule has 0 fully saturated rings. The van der Waals surface area contributed by atoms with E-state index >= 15 is 0 Å². The molecule has 1 atom stereocenters. The number of anilines is 1. The summed E-state index contributed by atoms with van der Waals surface area (Å²) in [6, 6.07) is 4.99. The van der Waals surface area contributed by atoms with Crippen LogP contribution in [-0.2, 0) is 10.0 Å². The Morgan fingerprint density at radius 3 is 2.43 bits per heavy atom. The van der Waals surface area contributed by atoms with Gasteiger partial charge in [0.25, 0.3) is 0 Å². The molecule has 5 nitrogen and oxygen atoms in total. The Morgan fingerprint density at radius 2 is 1.95 bits per heavy atom. The van der Waals surface area contributed by atoms with Gasteiger partial charge in [-0.1, -0.05) is 13.8 Å². The third-order valence-electron chi connectivity index (χ3n) is 3.08. The number of hydrogen-bond donors (Lipinski definition) is 2. The number of nitrogens with zero attached hydrogens (tertiary/aromatic N) is 1. The molecule has 1 aromatic rings. The summed E-state index contributed by atoms with van der Waals surface area (Å²) in [4.78, 5) is 2.09. The van der Waals surface area contributed by atoms with Gasteiger partial charge in [0, 0.05) is 36.8 Å². The van der Waals surface area contributed by atoms with Gasteiger partial charge in [-0.3, -0.25) is 0 Å². The minimum atomic E-state index is -3.61. The first-order valence-corrected chi connectivity index (χ1v) is 9.14. The fourth-order valence-electron chi connectivity index (χ4n) is 2.02. The van der Waals surface area contributed by atoms with E-state index in [1.165, 1.54) is 0 Å². The van der Waals surface area contributed by atoms with Crippen molar-refractivity contribution in [2.45, 2.75) is 31.2 Å². The van der Waals surface area contributed by atoms with Gasteiger partial charge in [-0.2, -0.15) is 0 Å². The Hall–Kier alpha value is -0.630. The van der Waals surface area contributed by atoms with E-state index in [0.717, 1.165) is 5.69 Å². The third-order valence-corrected chi connectivity index (χ3v) is 5.60. The average Bonchev–Trinajstić information content (AvgIpc) is 2.36. The second-order valence-electron chi connectivity index (χ2n) is 5.69. The summed E-state index contributed by atoms with van der Waals surface area (Å²) in [7, 11) is 0.132. The van der Waals surface area contributed by atoms with Gasteiger partial charge in [-0.05, 0) is 46.5 Å². The van der Waals surface area contributed by atoms with Crippen molar-refractivity contribution in [2.24, 2.45) is 11.7 Å². The van der Waals surface area contributed by atoms with Crippen LogP contribution in [0.15, 0.2) is 27.6 Å². The topological polar surface area (TPSA) is 75.4 Å². The molecule has 120 valence electrons. The molecular weight excluding hydrogens is 354 g/mol. The largest absolute Gasteiger partial charge is 0.378 e. The molecule has 0 spiro atoms. The van der Waals surface area contributed by atoms with E-state index in [0.29, 0.717) is 16.8 Å². The van der Waals surface area contributed by atoms with Gasteiger partial charge in [0.1, 0.15) is 0 Å². The van der Waals surface area contributed by atoms with Crippen LogP contribution >= 0.6 is 15.9 Å². The van der Waals surface area contributed by atoms with Crippen LogP contribution in [0.4, 0.5) is 5.69 Å². The molecule has 0 heterocycles. The molecular formula is C14H24BrN3O2S. The predicted molar refractivity (Wildman–Crippen MR) is 91.1 cm³/mol. The number of rotatable bonds is 7. The lowest BCUT2D eigenvalue weighted by molar-refractivity contribution is 0.465. The summed E-state index contributed by atoms with van der Waals surface area (Å²) < 4.78 is 28.4. The molecule has 0 saturated carbocycles. The normalized spacial score (nSPS) is 13.5. The molecule has 1 unspecified atom stereocenters. The monoisotopic (exact) mass is 377 g/mol. The minimum absolute atomic E-state index is 0.232. The molecule has 21 heavy (non-hydrogen) atoms. The van der Waals surface area contributed by atoms with Gasteiger partial charge in [-0.15, -0.1) is 0 Å². The molecule has 7 heteroatoms. The summed E-state index contributed by atoms with van der Waals surface area (Å²) in [5.41, 5.74) is 6.50. The molecule has 0 aliphatic heterocycles. The highest BCUT2D eigenvalue weighted by atomic mass is 79.9. The van der Waals surface area contributed by atoms with Crippen LogP contribution in [0.5, 0.6) is 0 Å². The van der Waals surface area contributed by atoms with E-state index in [1.54, 1.807) is 12.1 Å². The van der Waals surface area contributed by atoms with Crippen LogP contribution in [-0.4, -0.2) is 35.1 Å². The fraction of sp³-hybridized carbons (Fsp3) is 0.571. The van der Waals surface area contributed by atoms with Crippen molar-refractivity contribution in [1.82, 2.24) is 4.72 Å². The summed E-state index contributed by atoms with van der Waals surface area (Å²) in [6.45, 7) is 4.36. The van der Waals surface area contributed by atoms with Crippen LogP contribution in [0, 0.1) is 5.92 Å². The number of halogens is 1. The maximum absolute atomic E-state index is 12.6. The Kier molecular flexibility index (Phi) is 6.65. The zero-order valence-electron chi connectivity index (χ0n) is 12.9. The molecule has 0 aromatic heterocycles. The van der Waals surface area contributed by atoms with E-state index in [2.05, 4.69) is 20.7 Å². The van der Waals surface area contributed by atoms with Crippen LogP contribution in [0.2, 0.25) is 0 Å². The Bertz CT molecular complexity index is 574. The van der Waals surface area contributed by atoms with Crippen LogP contribution in [0.3, 0.4) is 0 Å². The molecule has 0 aliphatic rings. The van der Waals surface area contributed by atoms with Crippen molar-refractivity contribution < 1.29 is 8.42 Å². The van der Waals surface area contributed by atoms with Crippen LogP contribution < -0.4 is 15.4 Å². The molecule has 3 N–H and O–H groups in total. The molecule has 0 radical (unpaired) electrons. The van der Waals surface area contributed by atoms with Crippen molar-refractivity contribution in [1.29, 1.82) is 0 Å². The standard InChI is InChI=1S/C14H24BrN3O2S/c1-10(2)7-11(9-16)17-21(19,20)14-8-12(18(3)4)5-6-13(14)15/h5-6,8,10-11,17H,7,9,16H2,1-4H3. The van der Waals surface area contributed by atoms with E-state index in [1.807, 2.05) is 38.9 Å².